The number of nitrogens with two attached hydrogens (primary N) is 2. The number of alkyl halides is 3. The number of hydrogen-bond donors (Lipinski definition) is 4. The third kappa shape index (κ3) is 8.50. The monoisotopic (exact) mass is 558 g/mol. The highest BCUT2D eigenvalue weighted by molar-refractivity contribution is 7.20. The molecule has 2 atom stereocenters. The maximum atomic E-state index is 13.2. The number of aliphatic imine (C=N–C) groups is 1. The molecule has 1 fully saturated rings. The van der Waals surface area contributed by atoms with E-state index in [4.69, 9.17) is 21.4 Å². The molecule has 0 bridgehead atoms. The van der Waals surface area contributed by atoms with E-state index in [1.165, 1.54) is 23.2 Å². The SMILES string of the molecule is CC(=O)N1CC(=O)C[C@H]1C(=O)N[C@@H](CCCN=C(N)N)C(=O)c1nc2ccccc2s1.O=C(O)C(F)(F)F. The van der Waals surface area contributed by atoms with E-state index in [-0.39, 0.29) is 47.8 Å². The Morgan fingerprint density at radius 2 is 1.89 bits per heavy atom. The van der Waals surface area contributed by atoms with Crippen molar-refractivity contribution < 1.29 is 42.3 Å². The summed E-state index contributed by atoms with van der Waals surface area (Å²) in [6.45, 7) is 1.50. The highest BCUT2D eigenvalue weighted by Crippen LogP contribution is 2.24. The van der Waals surface area contributed by atoms with Crippen molar-refractivity contribution in [3.05, 3.63) is 29.3 Å². The maximum absolute atomic E-state index is 13.2. The number of hydrogen-bond acceptors (Lipinski definition) is 8. The molecule has 2 amide bonds. The van der Waals surface area contributed by atoms with Crippen LogP contribution < -0.4 is 16.8 Å². The van der Waals surface area contributed by atoms with E-state index in [2.05, 4.69) is 15.3 Å². The van der Waals surface area contributed by atoms with E-state index in [1.54, 1.807) is 0 Å². The Morgan fingerprint density at radius 1 is 1.26 bits per heavy atom. The fraction of sp³-hybridized carbons (Fsp3) is 0.409. The number of carbonyl (C=O) groups is 5. The number of Topliss-reactive ketones (excluding diaryl/α,β-unsaturated/α-hetero) is 2. The minimum absolute atomic E-state index is 0.0559. The number of ketones is 2. The van der Waals surface area contributed by atoms with Crippen LogP contribution in [-0.4, -0.2) is 81.6 Å². The van der Waals surface area contributed by atoms with Crippen molar-refractivity contribution in [2.75, 3.05) is 13.1 Å². The van der Waals surface area contributed by atoms with Gasteiger partial charge in [0.2, 0.25) is 17.6 Å². The number of thiazole rings is 1. The van der Waals surface area contributed by atoms with Crippen LogP contribution in [0.1, 0.15) is 36.0 Å². The van der Waals surface area contributed by atoms with Gasteiger partial charge in [0.25, 0.3) is 0 Å². The number of benzene rings is 1. The fourth-order valence-corrected chi connectivity index (χ4v) is 4.38. The molecule has 12 nitrogen and oxygen atoms in total. The number of carbonyl (C=O) groups excluding carboxylic acids is 4. The predicted octanol–water partition coefficient (Wildman–Crippen LogP) is 0.841. The Hall–Kier alpha value is -4.08. The van der Waals surface area contributed by atoms with Gasteiger partial charge in [0.15, 0.2) is 16.8 Å². The smallest absolute Gasteiger partial charge is 0.475 e. The lowest BCUT2D eigenvalue weighted by molar-refractivity contribution is -0.192. The molecule has 3 rings (SSSR count). The van der Waals surface area contributed by atoms with E-state index < -0.39 is 30.1 Å². The summed E-state index contributed by atoms with van der Waals surface area (Å²) < 4.78 is 32.6. The number of halogens is 3. The number of nitrogens with zero attached hydrogens (tertiary/aromatic N) is 3. The largest absolute Gasteiger partial charge is 0.490 e. The van der Waals surface area contributed by atoms with Crippen LogP contribution in [0.25, 0.3) is 10.2 Å². The van der Waals surface area contributed by atoms with Crippen LogP contribution in [0.2, 0.25) is 0 Å². The van der Waals surface area contributed by atoms with E-state index in [0.29, 0.717) is 18.5 Å². The first-order valence-corrected chi connectivity index (χ1v) is 11.9. The first kappa shape index (κ1) is 30.1. The Morgan fingerprint density at radius 3 is 2.45 bits per heavy atom. The normalized spacial score (nSPS) is 15.8. The number of likely N-dealkylation sites (tertiary alicyclic amines) is 1. The number of para-hydroxylation sites is 1. The lowest BCUT2D eigenvalue weighted by Gasteiger charge is -2.24. The van der Waals surface area contributed by atoms with E-state index >= 15 is 0 Å². The second-order valence-electron chi connectivity index (χ2n) is 8.07. The molecule has 1 aromatic heterocycles. The van der Waals surface area contributed by atoms with Crippen LogP contribution in [0.5, 0.6) is 0 Å². The summed E-state index contributed by atoms with van der Waals surface area (Å²) in [5, 5.41) is 10.1. The van der Waals surface area contributed by atoms with Gasteiger partial charge in [-0.3, -0.25) is 24.2 Å². The highest BCUT2D eigenvalue weighted by Gasteiger charge is 2.39. The number of carboxylic acids is 1. The maximum Gasteiger partial charge on any atom is 0.490 e. The Labute approximate surface area is 217 Å². The lowest BCUT2D eigenvalue weighted by Crippen LogP contribution is -2.50. The molecule has 1 saturated heterocycles. The van der Waals surface area contributed by atoms with Gasteiger partial charge in [-0.15, -0.1) is 11.3 Å². The number of carboxylic acid groups (broad SMARTS) is 1. The van der Waals surface area contributed by atoms with Gasteiger partial charge < -0.3 is 26.8 Å². The number of fused-ring (bicyclic) bond motifs is 1. The van der Waals surface area contributed by atoms with Crippen LogP contribution in [0, 0.1) is 0 Å². The molecule has 1 aromatic carbocycles. The average Bonchev–Trinajstić information content (AvgIpc) is 3.44. The third-order valence-electron chi connectivity index (χ3n) is 5.18. The molecule has 1 aliphatic heterocycles. The van der Waals surface area contributed by atoms with Crippen molar-refractivity contribution in [2.45, 2.75) is 44.4 Å². The molecular weight excluding hydrogens is 533 g/mol. The van der Waals surface area contributed by atoms with Crippen molar-refractivity contribution in [2.24, 2.45) is 16.5 Å². The van der Waals surface area contributed by atoms with Crippen molar-refractivity contribution in [3.8, 4) is 0 Å². The number of nitrogens with one attached hydrogen (secondary N) is 1. The fourth-order valence-electron chi connectivity index (χ4n) is 3.42. The Bertz CT molecular complexity index is 1210. The molecule has 0 aliphatic carbocycles. The van der Waals surface area contributed by atoms with Gasteiger partial charge in [-0.05, 0) is 25.0 Å². The van der Waals surface area contributed by atoms with Gasteiger partial charge in [-0.25, -0.2) is 9.78 Å². The van der Waals surface area contributed by atoms with Gasteiger partial charge in [0, 0.05) is 19.9 Å². The summed E-state index contributed by atoms with van der Waals surface area (Å²) in [5.74, 6) is -4.25. The van der Waals surface area contributed by atoms with Crippen molar-refractivity contribution >= 4 is 56.9 Å². The molecule has 206 valence electrons. The first-order valence-electron chi connectivity index (χ1n) is 11.0. The standard InChI is InChI=1S/C20H24N6O4S.C2HF3O2/c1-11(27)26-10-12(28)9-15(26)18(30)24-14(6-4-8-23-20(21)22)17(29)19-25-13-5-2-3-7-16(13)31-19;3-2(4,5)1(6)7/h2-3,5,7,14-15H,4,6,8-10H2,1H3,(H,24,30)(H4,21,22,23);(H,6,7)/t14-,15-;/m0./s1. The molecule has 0 spiro atoms. The predicted molar refractivity (Wildman–Crippen MR) is 130 cm³/mol. The summed E-state index contributed by atoms with van der Waals surface area (Å²) in [6, 6.07) is 5.56. The topological polar surface area (TPSA) is 198 Å². The molecular formula is C22H25F3N6O6S. The molecule has 0 unspecified atom stereocenters. The van der Waals surface area contributed by atoms with Crippen molar-refractivity contribution in [1.82, 2.24) is 15.2 Å². The zero-order valence-corrected chi connectivity index (χ0v) is 20.8. The zero-order valence-electron chi connectivity index (χ0n) is 20.0. The Kier molecular flexibility index (Phi) is 10.3. The van der Waals surface area contributed by atoms with Crippen LogP contribution in [0.4, 0.5) is 13.2 Å². The lowest BCUT2D eigenvalue weighted by atomic mass is 10.1. The second-order valence-corrected chi connectivity index (χ2v) is 9.10. The quantitative estimate of drug-likeness (QED) is 0.157. The van der Waals surface area contributed by atoms with Gasteiger partial charge in [0.1, 0.15) is 6.04 Å². The van der Waals surface area contributed by atoms with E-state index in [9.17, 15) is 32.3 Å². The third-order valence-corrected chi connectivity index (χ3v) is 6.23. The van der Waals surface area contributed by atoms with E-state index in [0.717, 1.165) is 4.70 Å². The molecule has 38 heavy (non-hydrogen) atoms. The number of amides is 2. The molecule has 6 N–H and O–H groups in total. The highest BCUT2D eigenvalue weighted by atomic mass is 32.1. The van der Waals surface area contributed by atoms with Crippen LogP contribution >= 0.6 is 11.3 Å². The summed E-state index contributed by atoms with van der Waals surface area (Å²) in [6.07, 6.45) is -4.43. The molecule has 2 aromatic rings. The van der Waals surface area contributed by atoms with Gasteiger partial charge in [-0.2, -0.15) is 13.2 Å². The number of rotatable bonds is 8. The van der Waals surface area contributed by atoms with E-state index in [1.807, 2.05) is 24.3 Å². The van der Waals surface area contributed by atoms with Gasteiger partial charge in [-0.1, -0.05) is 12.1 Å². The summed E-state index contributed by atoms with van der Waals surface area (Å²) in [5.41, 5.74) is 11.4. The molecule has 0 radical (unpaired) electrons. The molecule has 0 saturated carbocycles. The molecule has 1 aliphatic rings. The molecule has 16 heteroatoms. The summed E-state index contributed by atoms with van der Waals surface area (Å²) in [4.78, 5) is 68.0. The van der Waals surface area contributed by atoms with Crippen molar-refractivity contribution in [1.29, 1.82) is 0 Å². The van der Waals surface area contributed by atoms with Crippen LogP contribution in [0.3, 0.4) is 0 Å². The minimum Gasteiger partial charge on any atom is -0.475 e. The number of guanidine groups is 1. The zero-order chi connectivity index (χ0) is 28.6. The number of aliphatic carboxylic acids is 1. The first-order chi connectivity index (χ1) is 17.7. The summed E-state index contributed by atoms with van der Waals surface area (Å²) in [7, 11) is 0. The summed E-state index contributed by atoms with van der Waals surface area (Å²) >= 11 is 1.24. The van der Waals surface area contributed by atoms with Gasteiger partial charge in [0.05, 0.1) is 22.8 Å². The van der Waals surface area contributed by atoms with Gasteiger partial charge >= 0.3 is 12.1 Å². The van der Waals surface area contributed by atoms with Crippen LogP contribution in [0.15, 0.2) is 29.3 Å². The Balaban J connectivity index is 0.000000638. The number of aromatic nitrogens is 1. The van der Waals surface area contributed by atoms with Crippen LogP contribution in [-0.2, 0) is 19.2 Å². The minimum atomic E-state index is -5.08. The average molecular weight is 559 g/mol. The second kappa shape index (κ2) is 12.9. The molecule has 2 heterocycles. The van der Waals surface area contributed by atoms with Crippen molar-refractivity contribution in [3.63, 3.8) is 0 Å².